The molecule has 42 heavy (non-hydrogen) atoms. The number of primary amides is 1. The van der Waals surface area contributed by atoms with Crippen LogP contribution in [0, 0.1) is 0 Å². The van der Waals surface area contributed by atoms with Crippen molar-refractivity contribution >= 4 is 68.8 Å². The summed E-state index contributed by atoms with van der Waals surface area (Å²) < 4.78 is 0.888. The highest BCUT2D eigenvalue weighted by atomic mass is 79.9. The number of hydrogen-bond acceptors (Lipinski definition) is 5. The number of carbonyl (C=O) groups is 4. The van der Waals surface area contributed by atoms with Gasteiger partial charge in [-0.2, -0.15) is 0 Å². The summed E-state index contributed by atoms with van der Waals surface area (Å²) in [6.07, 6.45) is 1.60. The van der Waals surface area contributed by atoms with Crippen LogP contribution in [0.5, 0.6) is 0 Å². The summed E-state index contributed by atoms with van der Waals surface area (Å²) in [7, 11) is 0. The second kappa shape index (κ2) is 14.3. The first-order valence-electron chi connectivity index (χ1n) is 12.8. The zero-order valence-electron chi connectivity index (χ0n) is 22.5. The second-order valence-corrected chi connectivity index (χ2v) is 11.4. The van der Waals surface area contributed by atoms with Crippen molar-refractivity contribution in [2.45, 2.75) is 17.1 Å². The summed E-state index contributed by atoms with van der Waals surface area (Å²) in [5.41, 5.74) is 7.72. The molecule has 0 fully saturated rings. The third-order valence-electron chi connectivity index (χ3n) is 5.95. The van der Waals surface area contributed by atoms with Crippen molar-refractivity contribution in [2.75, 3.05) is 10.6 Å². The minimum absolute atomic E-state index is 0.0752. The van der Waals surface area contributed by atoms with Gasteiger partial charge in [-0.25, -0.2) is 0 Å². The van der Waals surface area contributed by atoms with Crippen molar-refractivity contribution in [3.8, 4) is 0 Å². The lowest BCUT2D eigenvalue weighted by atomic mass is 10.1. The van der Waals surface area contributed by atoms with Crippen LogP contribution in [-0.2, 0) is 9.59 Å². The Kier molecular flexibility index (Phi) is 10.3. The van der Waals surface area contributed by atoms with Gasteiger partial charge >= 0.3 is 0 Å². The smallest absolute Gasteiger partial charge is 0.272 e. The maximum Gasteiger partial charge on any atom is 0.272 e. The first kappa shape index (κ1) is 30.3. The minimum atomic E-state index is -0.627. The van der Waals surface area contributed by atoms with Crippen molar-refractivity contribution in [2.24, 2.45) is 5.73 Å². The summed E-state index contributed by atoms with van der Waals surface area (Å²) in [4.78, 5) is 51.3. The predicted octanol–water partition coefficient (Wildman–Crippen LogP) is 6.08. The molecule has 4 aromatic rings. The Hall–Kier alpha value is -4.67. The first-order chi connectivity index (χ1) is 20.2. The lowest BCUT2D eigenvalue weighted by molar-refractivity contribution is -0.115. The molecule has 4 amide bonds. The molecule has 0 spiro atoms. The van der Waals surface area contributed by atoms with Gasteiger partial charge in [-0.15, -0.1) is 11.8 Å². The molecule has 212 valence electrons. The fraction of sp³-hybridized carbons (Fsp3) is 0.0625. The zero-order chi connectivity index (χ0) is 30.1. The third-order valence-corrected chi connectivity index (χ3v) is 7.60. The van der Waals surface area contributed by atoms with Gasteiger partial charge in [-0.3, -0.25) is 19.2 Å². The van der Waals surface area contributed by atoms with E-state index in [1.165, 1.54) is 11.8 Å². The molecule has 0 bridgehead atoms. The van der Waals surface area contributed by atoms with Crippen LogP contribution in [0.15, 0.2) is 118 Å². The van der Waals surface area contributed by atoms with Crippen molar-refractivity contribution in [1.82, 2.24) is 5.32 Å². The predicted molar refractivity (Wildman–Crippen MR) is 170 cm³/mol. The van der Waals surface area contributed by atoms with Crippen molar-refractivity contribution in [3.05, 3.63) is 130 Å². The van der Waals surface area contributed by atoms with Gasteiger partial charge in [0.15, 0.2) is 0 Å². The number of benzene rings is 4. The Morgan fingerprint density at radius 1 is 0.810 bits per heavy atom. The summed E-state index contributed by atoms with van der Waals surface area (Å²) in [6, 6.07) is 29.5. The Morgan fingerprint density at radius 2 is 1.45 bits per heavy atom. The number of nitrogens with two attached hydrogens (primary N) is 1. The van der Waals surface area contributed by atoms with E-state index in [0.717, 1.165) is 14.9 Å². The fourth-order valence-electron chi connectivity index (χ4n) is 3.78. The van der Waals surface area contributed by atoms with Crippen LogP contribution in [0.4, 0.5) is 11.4 Å². The van der Waals surface area contributed by atoms with E-state index >= 15 is 0 Å². The largest absolute Gasteiger partial charge is 0.366 e. The Bertz CT molecular complexity index is 1620. The van der Waals surface area contributed by atoms with E-state index < -0.39 is 23.0 Å². The molecule has 4 aromatic carbocycles. The van der Waals surface area contributed by atoms with Crippen LogP contribution in [-0.4, -0.2) is 28.9 Å². The molecular formula is C32H27BrN4O4S. The van der Waals surface area contributed by atoms with Crippen LogP contribution in [0.2, 0.25) is 0 Å². The normalized spacial score (nSPS) is 11.7. The number of thioether (sulfide) groups is 1. The van der Waals surface area contributed by atoms with Gasteiger partial charge in [0.2, 0.25) is 5.91 Å². The van der Waals surface area contributed by atoms with Gasteiger partial charge in [0, 0.05) is 20.6 Å². The lowest BCUT2D eigenvalue weighted by Crippen LogP contribution is -2.30. The first-order valence-corrected chi connectivity index (χ1v) is 14.5. The number of hydrogen-bond donors (Lipinski definition) is 4. The van der Waals surface area contributed by atoms with E-state index in [2.05, 4.69) is 31.9 Å². The Balaban J connectivity index is 1.43. The maximum atomic E-state index is 13.3. The number of para-hydroxylation sites is 1. The summed E-state index contributed by atoms with van der Waals surface area (Å²) in [6.45, 7) is 1.75. The van der Waals surface area contributed by atoms with Crippen LogP contribution < -0.4 is 21.7 Å². The van der Waals surface area contributed by atoms with Gasteiger partial charge in [0.1, 0.15) is 5.70 Å². The van der Waals surface area contributed by atoms with E-state index in [1.807, 2.05) is 24.3 Å². The molecule has 0 aliphatic heterocycles. The summed E-state index contributed by atoms with van der Waals surface area (Å²) in [5, 5.41) is 7.80. The monoisotopic (exact) mass is 642 g/mol. The summed E-state index contributed by atoms with van der Waals surface area (Å²) in [5.74, 6) is -1.82. The van der Waals surface area contributed by atoms with Crippen LogP contribution in [0.1, 0.15) is 33.2 Å². The van der Waals surface area contributed by atoms with E-state index in [-0.39, 0.29) is 17.2 Å². The summed E-state index contributed by atoms with van der Waals surface area (Å²) >= 11 is 4.71. The minimum Gasteiger partial charge on any atom is -0.366 e. The molecule has 1 unspecified atom stereocenters. The number of carbonyl (C=O) groups excluding carboxylic acids is 4. The van der Waals surface area contributed by atoms with E-state index in [1.54, 1.807) is 91.9 Å². The molecule has 0 aliphatic rings. The van der Waals surface area contributed by atoms with Gasteiger partial charge in [-0.05, 0) is 79.2 Å². The highest BCUT2D eigenvalue weighted by Crippen LogP contribution is 2.26. The van der Waals surface area contributed by atoms with Gasteiger partial charge in [-0.1, -0.05) is 58.4 Å². The average Bonchev–Trinajstić information content (AvgIpc) is 2.99. The standard InChI is InChI=1S/C32H27BrN4O4S/c1-20(30(39)36-27-10-6-5-9-26(27)29(34)38)42-25-17-15-24(16-18-25)35-32(41)28(19-21-11-13-23(33)14-12-21)37-31(40)22-7-3-2-4-8-22/h2-20H,1H3,(H2,34,38)(H,35,41)(H,36,39)(H,37,40)/b28-19-. The van der Waals surface area contributed by atoms with E-state index in [9.17, 15) is 19.2 Å². The molecule has 0 saturated heterocycles. The number of halogens is 1. The fourth-order valence-corrected chi connectivity index (χ4v) is 4.91. The average molecular weight is 644 g/mol. The number of rotatable bonds is 10. The molecule has 8 nitrogen and oxygen atoms in total. The Morgan fingerprint density at radius 3 is 2.12 bits per heavy atom. The van der Waals surface area contributed by atoms with E-state index in [0.29, 0.717) is 16.9 Å². The van der Waals surface area contributed by atoms with Gasteiger partial charge < -0.3 is 21.7 Å². The molecule has 5 N–H and O–H groups in total. The third kappa shape index (κ3) is 8.42. The highest BCUT2D eigenvalue weighted by molar-refractivity contribution is 9.10. The van der Waals surface area contributed by atoms with Crippen molar-refractivity contribution in [3.63, 3.8) is 0 Å². The van der Waals surface area contributed by atoms with Crippen LogP contribution >= 0.6 is 27.7 Å². The van der Waals surface area contributed by atoms with Crippen molar-refractivity contribution < 1.29 is 19.2 Å². The lowest BCUT2D eigenvalue weighted by Gasteiger charge is -2.14. The molecule has 10 heteroatoms. The Labute approximate surface area is 255 Å². The molecule has 0 heterocycles. The van der Waals surface area contributed by atoms with Crippen LogP contribution in [0.25, 0.3) is 6.08 Å². The quantitative estimate of drug-likeness (QED) is 0.123. The van der Waals surface area contributed by atoms with E-state index in [4.69, 9.17) is 5.73 Å². The van der Waals surface area contributed by atoms with Crippen LogP contribution in [0.3, 0.4) is 0 Å². The molecular weight excluding hydrogens is 616 g/mol. The highest BCUT2D eigenvalue weighted by Gasteiger charge is 2.18. The number of amides is 4. The molecule has 0 saturated carbocycles. The number of anilines is 2. The topological polar surface area (TPSA) is 130 Å². The second-order valence-electron chi connectivity index (χ2n) is 9.07. The molecule has 0 aliphatic carbocycles. The molecule has 1 atom stereocenters. The molecule has 0 radical (unpaired) electrons. The maximum absolute atomic E-state index is 13.3. The van der Waals surface area contributed by atoms with Gasteiger partial charge in [0.05, 0.1) is 16.5 Å². The SMILES string of the molecule is CC(Sc1ccc(NC(=O)/C(=C/c2ccc(Br)cc2)NC(=O)c2ccccc2)cc1)C(=O)Nc1ccccc1C(N)=O. The zero-order valence-corrected chi connectivity index (χ0v) is 24.9. The molecule has 0 aromatic heterocycles. The number of nitrogens with one attached hydrogen (secondary N) is 3. The van der Waals surface area contributed by atoms with Gasteiger partial charge in [0.25, 0.3) is 17.7 Å². The molecule has 4 rings (SSSR count). The van der Waals surface area contributed by atoms with Crippen molar-refractivity contribution in [1.29, 1.82) is 0 Å².